The van der Waals surface area contributed by atoms with Gasteiger partial charge in [-0.3, -0.25) is 9.59 Å². The molecule has 7 heteroatoms. The lowest BCUT2D eigenvalue weighted by molar-refractivity contribution is -0.436. The Morgan fingerprint density at radius 3 is 1.90 bits per heavy atom. The second kappa shape index (κ2) is 22.8. The minimum atomic E-state index is -0.776. The average molecular weight is 870 g/mol. The maximum Gasteiger partial charge on any atom is 0.309 e. The van der Waals surface area contributed by atoms with E-state index < -0.39 is 11.9 Å². The summed E-state index contributed by atoms with van der Waals surface area (Å²) < 4.78 is 2.34. The second-order valence-corrected chi connectivity index (χ2v) is 19.2. The van der Waals surface area contributed by atoms with Gasteiger partial charge in [0.05, 0.1) is 11.8 Å². The topological polar surface area (TPSA) is 80.9 Å². The lowest BCUT2D eigenvalue weighted by Gasteiger charge is -2.34. The number of anilines is 1. The first kappa shape index (κ1) is 47.8. The minimum Gasteiger partial charge on any atom is -0.481 e. The third-order valence-electron chi connectivity index (χ3n) is 13.9. The number of carboxylic acids is 2. The number of hydrogen-bond acceptors (Lipinski definition) is 4. The molecule has 0 saturated carbocycles. The molecule has 3 aromatic carbocycles. The van der Waals surface area contributed by atoms with Crippen LogP contribution in [0, 0.1) is 5.92 Å². The summed E-state index contributed by atoms with van der Waals surface area (Å²) in [5.41, 5.74) is 9.74. The molecule has 0 amide bonds. The molecule has 2 aliphatic heterocycles. The van der Waals surface area contributed by atoms with Crippen LogP contribution in [-0.2, 0) is 20.4 Å². The van der Waals surface area contributed by atoms with Crippen molar-refractivity contribution in [3.8, 4) is 0 Å². The van der Waals surface area contributed by atoms with Crippen molar-refractivity contribution < 1.29 is 24.4 Å². The average Bonchev–Trinajstić information content (AvgIpc) is 3.71. The van der Waals surface area contributed by atoms with Crippen LogP contribution in [0.4, 0.5) is 11.4 Å². The number of carboxylic acid groups (broad SMARTS) is 2. The molecule has 1 aliphatic carbocycles. The van der Waals surface area contributed by atoms with Gasteiger partial charge in [0.25, 0.3) is 0 Å². The zero-order valence-electron chi connectivity index (χ0n) is 38.8. The van der Waals surface area contributed by atoms with Gasteiger partial charge < -0.3 is 15.1 Å². The van der Waals surface area contributed by atoms with Gasteiger partial charge in [0.15, 0.2) is 12.3 Å². The molecule has 63 heavy (non-hydrogen) atoms. The zero-order valence-corrected chi connectivity index (χ0v) is 39.7. The number of aliphatic carboxylic acids is 2. The number of fused-ring (bicyclic) bond motifs is 2. The monoisotopic (exact) mass is 870 g/mol. The Morgan fingerprint density at radius 1 is 0.698 bits per heavy atom. The van der Waals surface area contributed by atoms with E-state index in [4.69, 9.17) is 0 Å². The SMILES string of the molecule is CCCCC1(CCCC)C(=CC=C2CC(CC)CC(C=CC3=[N+](CCC(=O)O)c4ccccc4C3(CCCC)CCCC)=C2Sc2ccccc2)N(CCC(=O)O)c2ccccc21. The molecule has 1 atom stereocenters. The van der Waals surface area contributed by atoms with Gasteiger partial charge in [-0.15, -0.1) is 0 Å². The number of para-hydroxylation sites is 2. The van der Waals surface area contributed by atoms with Crippen LogP contribution in [-0.4, -0.2) is 45.5 Å². The van der Waals surface area contributed by atoms with Gasteiger partial charge in [-0.1, -0.05) is 171 Å². The number of carbonyl (C=O) groups is 2. The summed E-state index contributed by atoms with van der Waals surface area (Å²) in [4.78, 5) is 29.1. The van der Waals surface area contributed by atoms with Crippen molar-refractivity contribution in [1.29, 1.82) is 0 Å². The van der Waals surface area contributed by atoms with Crippen molar-refractivity contribution in [1.82, 2.24) is 0 Å². The lowest BCUT2D eigenvalue weighted by atomic mass is 9.70. The molecule has 6 nitrogen and oxygen atoms in total. The third kappa shape index (κ3) is 10.8. The van der Waals surface area contributed by atoms with Crippen molar-refractivity contribution >= 4 is 40.8 Å². The fourth-order valence-electron chi connectivity index (χ4n) is 10.6. The number of benzene rings is 3. The first-order valence-corrected chi connectivity index (χ1v) is 25.1. The van der Waals surface area contributed by atoms with E-state index in [9.17, 15) is 19.8 Å². The van der Waals surface area contributed by atoms with Crippen molar-refractivity contribution in [2.75, 3.05) is 18.0 Å². The maximum absolute atomic E-state index is 12.2. The highest BCUT2D eigenvalue weighted by Crippen LogP contribution is 2.54. The summed E-state index contributed by atoms with van der Waals surface area (Å²) in [6, 6.07) is 28.3. The molecule has 336 valence electrons. The molecule has 0 aromatic heterocycles. The van der Waals surface area contributed by atoms with Gasteiger partial charge in [0.1, 0.15) is 6.42 Å². The molecule has 0 fully saturated rings. The van der Waals surface area contributed by atoms with E-state index in [1.807, 2.05) is 11.8 Å². The summed E-state index contributed by atoms with van der Waals surface area (Å²) in [5, 5.41) is 20.0. The quantitative estimate of drug-likeness (QED) is 0.0873. The van der Waals surface area contributed by atoms with Crippen molar-refractivity contribution in [2.24, 2.45) is 5.92 Å². The molecular formula is C56H73N2O4S+. The molecule has 3 aromatic rings. The fraction of sp³-hybridized carbons (Fsp3) is 0.482. The molecule has 0 bridgehead atoms. The zero-order chi connectivity index (χ0) is 44.8. The molecular weight excluding hydrogens is 797 g/mol. The predicted octanol–water partition coefficient (Wildman–Crippen LogP) is 14.7. The Morgan fingerprint density at radius 2 is 1.29 bits per heavy atom. The molecule has 0 radical (unpaired) electrons. The third-order valence-corrected chi connectivity index (χ3v) is 15.2. The molecule has 0 spiro atoms. The molecule has 2 N–H and O–H groups in total. The van der Waals surface area contributed by atoms with Crippen molar-refractivity contribution in [3.05, 3.63) is 136 Å². The van der Waals surface area contributed by atoms with Crippen LogP contribution in [0.3, 0.4) is 0 Å². The maximum atomic E-state index is 12.2. The summed E-state index contributed by atoms with van der Waals surface area (Å²) in [6.45, 7) is 12.3. The summed E-state index contributed by atoms with van der Waals surface area (Å²) >= 11 is 1.86. The lowest BCUT2D eigenvalue weighted by Crippen LogP contribution is -2.35. The molecule has 3 aliphatic rings. The first-order chi connectivity index (χ1) is 30.7. The van der Waals surface area contributed by atoms with Gasteiger partial charge in [-0.25, -0.2) is 0 Å². The van der Waals surface area contributed by atoms with Gasteiger partial charge in [-0.05, 0) is 85.4 Å². The Hall–Kier alpha value is -4.62. The fourth-order valence-corrected chi connectivity index (χ4v) is 11.7. The standard InChI is InChI=1S/C56H72N2O4S/c1-6-11-34-55(35-12-7-2)46-24-18-20-26-48(46)57(38-32-52(59)60)50(55)30-28-43-40-42(10-5)41-44(54(43)63-45-22-16-15-17-23-45)29-31-51-56(36-13-8-3,37-14-9-4)47-25-19-21-27-49(47)58(51)39-33-53(61)62/h15-31,42H,6-14,32-41H2,1-5H3,(H-,59,60,61,62)/p+1. The molecule has 0 saturated heterocycles. The minimum absolute atomic E-state index is 0.0753. The number of thioether (sulfide) groups is 1. The number of allylic oxidation sites excluding steroid dienone is 7. The Balaban J connectivity index is 1.58. The van der Waals surface area contributed by atoms with Gasteiger partial charge >= 0.3 is 11.9 Å². The van der Waals surface area contributed by atoms with Crippen LogP contribution < -0.4 is 4.90 Å². The van der Waals surface area contributed by atoms with Gasteiger partial charge in [0, 0.05) is 50.9 Å². The van der Waals surface area contributed by atoms with Crippen LogP contribution in [0.5, 0.6) is 0 Å². The Bertz CT molecular complexity index is 2180. The largest absolute Gasteiger partial charge is 0.481 e. The highest BCUT2D eigenvalue weighted by molar-refractivity contribution is 8.03. The van der Waals surface area contributed by atoms with Crippen LogP contribution in [0.2, 0.25) is 0 Å². The van der Waals surface area contributed by atoms with Gasteiger partial charge in [0.2, 0.25) is 5.69 Å². The van der Waals surface area contributed by atoms with E-state index >= 15 is 0 Å². The first-order valence-electron chi connectivity index (χ1n) is 24.3. The van der Waals surface area contributed by atoms with E-state index in [1.165, 1.54) is 43.5 Å². The van der Waals surface area contributed by atoms with E-state index in [2.05, 4.69) is 147 Å². The van der Waals surface area contributed by atoms with Gasteiger partial charge in [-0.2, -0.15) is 4.58 Å². The van der Waals surface area contributed by atoms with E-state index in [1.54, 1.807) is 0 Å². The van der Waals surface area contributed by atoms with Crippen LogP contribution in [0.25, 0.3) is 0 Å². The smallest absolute Gasteiger partial charge is 0.309 e. The normalized spacial score (nSPS) is 19.1. The van der Waals surface area contributed by atoms with Crippen LogP contribution in [0.15, 0.2) is 130 Å². The Labute approximate surface area is 383 Å². The number of rotatable bonds is 24. The summed E-state index contributed by atoms with van der Waals surface area (Å²) in [7, 11) is 0. The van der Waals surface area contributed by atoms with Crippen LogP contribution in [0.1, 0.15) is 155 Å². The molecule has 6 rings (SSSR count). The Kier molecular flexibility index (Phi) is 17.3. The van der Waals surface area contributed by atoms with E-state index in [0.717, 1.165) is 108 Å². The number of hydrogen-bond donors (Lipinski definition) is 2. The highest BCUT2D eigenvalue weighted by atomic mass is 32.2. The highest BCUT2D eigenvalue weighted by Gasteiger charge is 2.50. The number of nitrogens with zero attached hydrogens (tertiary/aromatic N) is 2. The molecule has 2 heterocycles. The van der Waals surface area contributed by atoms with Crippen molar-refractivity contribution in [2.45, 2.75) is 159 Å². The molecule has 1 unspecified atom stereocenters. The van der Waals surface area contributed by atoms with Crippen LogP contribution >= 0.6 is 11.8 Å². The number of unbranched alkanes of at least 4 members (excludes halogenated alkanes) is 4. The van der Waals surface area contributed by atoms with E-state index in [0.29, 0.717) is 19.0 Å². The second-order valence-electron chi connectivity index (χ2n) is 18.1. The summed E-state index contributed by atoms with van der Waals surface area (Å²) in [5.74, 6) is -1.09. The van der Waals surface area contributed by atoms with Crippen molar-refractivity contribution in [3.63, 3.8) is 0 Å². The predicted molar refractivity (Wildman–Crippen MR) is 264 cm³/mol. The van der Waals surface area contributed by atoms with E-state index in [-0.39, 0.29) is 23.7 Å². The summed E-state index contributed by atoms with van der Waals surface area (Å²) in [6.07, 6.45) is 25.7.